The Balaban J connectivity index is 1.14. The summed E-state index contributed by atoms with van der Waals surface area (Å²) in [7, 11) is 0. The number of benzene rings is 1. The minimum Gasteiger partial charge on any atom is -0.482 e. The number of aliphatic carboxylic acids is 1. The molecule has 0 bridgehead atoms. The van der Waals surface area contributed by atoms with Crippen LogP contribution < -0.4 is 4.74 Å². The van der Waals surface area contributed by atoms with Gasteiger partial charge in [-0.3, -0.25) is 4.90 Å². The molecule has 3 fully saturated rings. The molecule has 3 aliphatic heterocycles. The number of carbonyl (C=O) groups is 2. The van der Waals surface area contributed by atoms with Gasteiger partial charge in [-0.2, -0.15) is 0 Å². The molecule has 0 saturated carbocycles. The molecule has 1 aromatic carbocycles. The van der Waals surface area contributed by atoms with Crippen LogP contribution in [0.15, 0.2) is 64.2 Å². The number of pyridine rings is 1. The first-order valence-corrected chi connectivity index (χ1v) is 15.4. The molecule has 5 rings (SSSR count). The Labute approximate surface area is 250 Å². The summed E-state index contributed by atoms with van der Waals surface area (Å²) in [5.41, 5.74) is 1.83. The number of nitrogens with zero attached hydrogens (tertiary/aromatic N) is 4. The average Bonchev–Trinajstić information content (AvgIpc) is 3.35. The predicted octanol–water partition coefficient (Wildman–Crippen LogP) is 4.86. The van der Waals surface area contributed by atoms with E-state index in [4.69, 9.17) is 14.6 Å². The molecular weight excluding hydrogens is 559 g/mol. The minimum absolute atomic E-state index is 0.0536. The van der Waals surface area contributed by atoms with Crippen molar-refractivity contribution in [3.8, 4) is 5.75 Å². The van der Waals surface area contributed by atoms with Gasteiger partial charge in [0.15, 0.2) is 6.61 Å². The second kappa shape index (κ2) is 14.3. The Hall–Kier alpha value is -3.15. The molecule has 42 heavy (non-hydrogen) atoms. The fraction of sp³-hybridized carbons (Fsp3) is 0.516. The largest absolute Gasteiger partial charge is 0.482 e. The van der Waals surface area contributed by atoms with Crippen LogP contribution in [-0.2, 0) is 16.1 Å². The Morgan fingerprint density at radius 2 is 1.86 bits per heavy atom. The van der Waals surface area contributed by atoms with E-state index < -0.39 is 12.6 Å². The normalized spacial score (nSPS) is 21.2. The summed E-state index contributed by atoms with van der Waals surface area (Å²) in [5, 5.41) is 9.61. The molecule has 3 aliphatic rings. The first-order valence-electron chi connectivity index (χ1n) is 14.6. The van der Waals surface area contributed by atoms with Crippen LogP contribution in [0.1, 0.15) is 38.2 Å². The number of ether oxygens (including phenoxy) is 2. The number of rotatable bonds is 11. The van der Waals surface area contributed by atoms with Crippen LogP contribution in [0.3, 0.4) is 0 Å². The first kappa shape index (κ1) is 30.3. The summed E-state index contributed by atoms with van der Waals surface area (Å²) < 4.78 is 24.7. The van der Waals surface area contributed by atoms with Crippen LogP contribution in [-0.4, -0.2) is 101 Å². The number of halogens is 1. The number of piperidine rings is 1. The van der Waals surface area contributed by atoms with Gasteiger partial charge in [0.2, 0.25) is 0 Å². The van der Waals surface area contributed by atoms with E-state index in [9.17, 15) is 14.0 Å². The molecule has 2 aromatic rings. The van der Waals surface area contributed by atoms with Gasteiger partial charge in [-0.15, -0.1) is 0 Å². The number of carboxylic acids is 1. The van der Waals surface area contributed by atoms with E-state index >= 15 is 0 Å². The van der Waals surface area contributed by atoms with Gasteiger partial charge in [-0.25, -0.2) is 19.0 Å². The number of carboxylic acid groups (broad SMARTS) is 1. The van der Waals surface area contributed by atoms with E-state index in [0.717, 1.165) is 60.8 Å². The van der Waals surface area contributed by atoms with Gasteiger partial charge in [-0.05, 0) is 74.1 Å². The van der Waals surface area contributed by atoms with Crippen molar-refractivity contribution < 1.29 is 28.6 Å². The average molecular weight is 599 g/mol. The summed E-state index contributed by atoms with van der Waals surface area (Å²) >= 11 is 1.53. The maximum absolute atomic E-state index is 14.0. The smallest absolute Gasteiger partial charge is 0.341 e. The highest BCUT2D eigenvalue weighted by Crippen LogP contribution is 2.33. The molecule has 4 heterocycles. The Bertz CT molecular complexity index is 1230. The summed E-state index contributed by atoms with van der Waals surface area (Å²) in [5.74, 6) is -0.494. The summed E-state index contributed by atoms with van der Waals surface area (Å²) in [4.78, 5) is 36.3. The van der Waals surface area contributed by atoms with Crippen LogP contribution in [0.2, 0.25) is 0 Å². The summed E-state index contributed by atoms with van der Waals surface area (Å²) in [6.07, 6.45) is 7.15. The molecule has 1 N–H and O–H groups in total. The third-order valence-electron chi connectivity index (χ3n) is 8.32. The van der Waals surface area contributed by atoms with Gasteiger partial charge in [0.25, 0.3) is 0 Å². The zero-order valence-electron chi connectivity index (χ0n) is 24.0. The number of likely N-dealkylation sites (tertiary alicyclic amines) is 1. The number of allylic oxidation sites excluding steroid dienone is 1. The van der Waals surface area contributed by atoms with E-state index in [-0.39, 0.29) is 30.8 Å². The summed E-state index contributed by atoms with van der Waals surface area (Å²) in [6, 6.07) is 11.5. The van der Waals surface area contributed by atoms with Gasteiger partial charge < -0.3 is 24.4 Å². The lowest BCUT2D eigenvalue weighted by Crippen LogP contribution is -2.50. The van der Waals surface area contributed by atoms with Crippen LogP contribution in [0.25, 0.3) is 0 Å². The van der Waals surface area contributed by atoms with Crippen molar-refractivity contribution in [2.24, 2.45) is 0 Å². The lowest BCUT2D eigenvalue weighted by atomic mass is 9.99. The van der Waals surface area contributed by atoms with Crippen molar-refractivity contribution in [3.63, 3.8) is 0 Å². The molecule has 0 aliphatic carbocycles. The number of amides is 2. The molecule has 226 valence electrons. The van der Waals surface area contributed by atoms with Gasteiger partial charge in [0.05, 0.1) is 6.04 Å². The van der Waals surface area contributed by atoms with Crippen LogP contribution in [0.5, 0.6) is 5.75 Å². The number of alkyl halides is 1. The fourth-order valence-corrected chi connectivity index (χ4v) is 6.80. The second-order valence-electron chi connectivity index (χ2n) is 11.0. The number of aromatic nitrogens is 1. The second-order valence-corrected chi connectivity index (χ2v) is 12.1. The Morgan fingerprint density at radius 3 is 2.48 bits per heavy atom. The molecule has 3 saturated heterocycles. The maximum Gasteiger partial charge on any atom is 0.341 e. The Morgan fingerprint density at radius 1 is 1.12 bits per heavy atom. The van der Waals surface area contributed by atoms with Crippen molar-refractivity contribution in [3.05, 3.63) is 59.8 Å². The third-order valence-corrected chi connectivity index (χ3v) is 9.28. The van der Waals surface area contributed by atoms with Gasteiger partial charge in [-0.1, -0.05) is 23.9 Å². The van der Waals surface area contributed by atoms with E-state index in [1.165, 1.54) is 11.8 Å². The summed E-state index contributed by atoms with van der Waals surface area (Å²) in [6.45, 7) is 5.40. The third kappa shape index (κ3) is 7.43. The van der Waals surface area contributed by atoms with E-state index in [2.05, 4.69) is 16.0 Å². The van der Waals surface area contributed by atoms with Gasteiger partial charge in [0.1, 0.15) is 17.5 Å². The van der Waals surface area contributed by atoms with Crippen molar-refractivity contribution in [1.29, 1.82) is 0 Å². The molecule has 0 radical (unpaired) electrons. The van der Waals surface area contributed by atoms with Crippen LogP contribution >= 0.6 is 11.8 Å². The molecule has 2 amide bonds. The fourth-order valence-electron chi connectivity index (χ4n) is 6.05. The number of urea groups is 1. The highest BCUT2D eigenvalue weighted by Gasteiger charge is 2.45. The van der Waals surface area contributed by atoms with Gasteiger partial charge in [0, 0.05) is 62.6 Å². The van der Waals surface area contributed by atoms with E-state index in [0.29, 0.717) is 31.1 Å². The first-order chi connectivity index (χ1) is 20.4. The zero-order valence-corrected chi connectivity index (χ0v) is 24.8. The quantitative estimate of drug-likeness (QED) is 0.367. The molecule has 1 aromatic heterocycles. The van der Waals surface area contributed by atoms with Crippen molar-refractivity contribution >= 4 is 23.8 Å². The highest BCUT2D eigenvalue weighted by atomic mass is 32.2. The van der Waals surface area contributed by atoms with Gasteiger partial charge >= 0.3 is 12.0 Å². The molecule has 1 unspecified atom stereocenters. The van der Waals surface area contributed by atoms with Crippen molar-refractivity contribution in [2.75, 3.05) is 46.1 Å². The van der Waals surface area contributed by atoms with E-state index in [1.807, 2.05) is 47.2 Å². The Kier molecular flexibility index (Phi) is 10.4. The maximum atomic E-state index is 14.0. The topological polar surface area (TPSA) is 95.4 Å². The molecule has 0 spiro atoms. The lowest BCUT2D eigenvalue weighted by Gasteiger charge is -2.39. The number of carbonyl (C=O) groups excluding carboxylic acids is 1. The predicted molar refractivity (Wildman–Crippen MR) is 158 cm³/mol. The van der Waals surface area contributed by atoms with Crippen LogP contribution in [0.4, 0.5) is 9.18 Å². The lowest BCUT2D eigenvalue weighted by molar-refractivity contribution is -0.139. The minimum atomic E-state index is -1.01. The number of hydrogen-bond donors (Lipinski definition) is 1. The zero-order chi connectivity index (χ0) is 29.5. The SMILES string of the molecule is C/C=C(\CF)C1CN(C2CCOCC2)C(=O)N1C1CCN(Cc2ccc(Sc3ccc(OCC(=O)O)cc3)nc2)CC1. The molecule has 9 nitrogen and oxygen atoms in total. The molecule has 1 atom stereocenters. The highest BCUT2D eigenvalue weighted by molar-refractivity contribution is 7.99. The molecule has 11 heteroatoms. The van der Waals surface area contributed by atoms with E-state index in [1.54, 1.807) is 12.1 Å². The monoisotopic (exact) mass is 598 g/mol. The van der Waals surface area contributed by atoms with Crippen LogP contribution in [0, 0.1) is 0 Å². The van der Waals surface area contributed by atoms with Crippen molar-refractivity contribution in [1.82, 2.24) is 19.7 Å². The standard InChI is InChI=1S/C31H39FN4O5S/c1-2-23(17-32)28-20-35(24-11-15-40-16-12-24)31(39)36(28)25-9-13-34(14-10-25)19-22-3-8-29(33-18-22)42-27-6-4-26(5-7-27)41-21-30(37)38/h2-8,18,24-25,28H,9-17,19-21H2,1H3,(H,37,38)/b23-2+. The molecular formula is C31H39FN4O5S. The number of hydrogen-bond acceptors (Lipinski definition) is 7. The van der Waals surface area contributed by atoms with Crippen molar-refractivity contribution in [2.45, 2.75) is 67.2 Å².